The molecule has 1 fully saturated rings. The van der Waals surface area contributed by atoms with Gasteiger partial charge in [-0.25, -0.2) is 4.98 Å². The molecule has 0 spiro atoms. The topological polar surface area (TPSA) is 98.6 Å². The summed E-state index contributed by atoms with van der Waals surface area (Å²) in [6.45, 7) is 4.07. The Morgan fingerprint density at radius 3 is 2.93 bits per heavy atom. The van der Waals surface area contributed by atoms with E-state index in [1.165, 1.54) is 0 Å². The molecule has 1 aromatic carbocycles. The van der Waals surface area contributed by atoms with Crippen LogP contribution in [-0.2, 0) is 16.1 Å². The minimum absolute atomic E-state index is 0.101. The second-order valence-electron chi connectivity index (χ2n) is 6.55. The molecule has 1 atom stereocenters. The maximum atomic E-state index is 12.5. The SMILES string of the molecule is CCCn1cnc(NC(=O)[C@@H]2CC(=O)N(c3ccc4c(c3)OCCO4)C2)n1. The third-order valence-electron chi connectivity index (χ3n) is 4.56. The zero-order valence-electron chi connectivity index (χ0n) is 15.1. The minimum atomic E-state index is -0.455. The smallest absolute Gasteiger partial charge is 0.248 e. The molecule has 142 valence electrons. The molecule has 0 bridgehead atoms. The number of anilines is 2. The molecular formula is C18H21N5O4. The van der Waals surface area contributed by atoms with Crippen LogP contribution in [0.25, 0.3) is 0 Å². The van der Waals surface area contributed by atoms with Crippen molar-refractivity contribution in [2.75, 3.05) is 30.0 Å². The van der Waals surface area contributed by atoms with E-state index in [2.05, 4.69) is 15.4 Å². The van der Waals surface area contributed by atoms with Crippen molar-refractivity contribution >= 4 is 23.5 Å². The Labute approximate surface area is 156 Å². The molecule has 0 unspecified atom stereocenters. The van der Waals surface area contributed by atoms with Gasteiger partial charge in [-0.2, -0.15) is 0 Å². The Morgan fingerprint density at radius 2 is 2.11 bits per heavy atom. The maximum absolute atomic E-state index is 12.5. The highest BCUT2D eigenvalue weighted by molar-refractivity contribution is 6.03. The number of ether oxygens (including phenoxy) is 2. The number of hydrogen-bond donors (Lipinski definition) is 1. The molecular weight excluding hydrogens is 350 g/mol. The molecule has 3 heterocycles. The van der Waals surface area contributed by atoms with Crippen LogP contribution in [0.15, 0.2) is 24.5 Å². The Balaban J connectivity index is 1.43. The molecule has 0 radical (unpaired) electrons. The summed E-state index contributed by atoms with van der Waals surface area (Å²) in [5.41, 5.74) is 0.699. The van der Waals surface area contributed by atoms with Crippen molar-refractivity contribution in [1.29, 1.82) is 0 Å². The summed E-state index contributed by atoms with van der Waals surface area (Å²) < 4.78 is 12.8. The van der Waals surface area contributed by atoms with E-state index >= 15 is 0 Å². The average Bonchev–Trinajstić information content (AvgIpc) is 3.28. The first kappa shape index (κ1) is 17.3. The summed E-state index contributed by atoms with van der Waals surface area (Å²) in [5, 5.41) is 6.90. The highest BCUT2D eigenvalue weighted by Crippen LogP contribution is 2.36. The Kier molecular flexibility index (Phi) is 4.66. The zero-order valence-corrected chi connectivity index (χ0v) is 15.1. The number of amides is 2. The number of hydrogen-bond acceptors (Lipinski definition) is 6. The van der Waals surface area contributed by atoms with E-state index in [1.807, 2.05) is 6.92 Å². The van der Waals surface area contributed by atoms with E-state index in [1.54, 1.807) is 34.1 Å². The minimum Gasteiger partial charge on any atom is -0.486 e. The number of nitrogens with zero attached hydrogens (tertiary/aromatic N) is 4. The number of rotatable bonds is 5. The predicted octanol–water partition coefficient (Wildman–Crippen LogP) is 1.45. The first-order valence-corrected chi connectivity index (χ1v) is 9.04. The fraction of sp³-hybridized carbons (Fsp3) is 0.444. The van der Waals surface area contributed by atoms with Crippen molar-refractivity contribution in [1.82, 2.24) is 14.8 Å². The van der Waals surface area contributed by atoms with E-state index in [9.17, 15) is 9.59 Å². The third kappa shape index (κ3) is 3.57. The van der Waals surface area contributed by atoms with Gasteiger partial charge in [-0.15, -0.1) is 5.10 Å². The number of carbonyl (C=O) groups excluding carboxylic acids is 2. The molecule has 2 aliphatic heterocycles. The molecule has 0 aliphatic carbocycles. The van der Waals surface area contributed by atoms with Crippen molar-refractivity contribution in [3.8, 4) is 11.5 Å². The molecule has 1 N–H and O–H groups in total. The fourth-order valence-electron chi connectivity index (χ4n) is 3.23. The largest absolute Gasteiger partial charge is 0.486 e. The van der Waals surface area contributed by atoms with Gasteiger partial charge in [0.1, 0.15) is 19.5 Å². The molecule has 9 nitrogen and oxygen atoms in total. The van der Waals surface area contributed by atoms with Crippen LogP contribution < -0.4 is 19.7 Å². The van der Waals surface area contributed by atoms with Crippen LogP contribution in [0.1, 0.15) is 19.8 Å². The lowest BCUT2D eigenvalue weighted by Crippen LogP contribution is -2.28. The summed E-state index contributed by atoms with van der Waals surface area (Å²) in [5.74, 6) is 0.737. The van der Waals surface area contributed by atoms with Gasteiger partial charge >= 0.3 is 0 Å². The van der Waals surface area contributed by atoms with Crippen molar-refractivity contribution < 1.29 is 19.1 Å². The van der Waals surface area contributed by atoms with Crippen molar-refractivity contribution in [2.24, 2.45) is 5.92 Å². The molecule has 2 aliphatic rings. The van der Waals surface area contributed by atoms with Gasteiger partial charge in [-0.1, -0.05) is 6.92 Å². The van der Waals surface area contributed by atoms with Gasteiger partial charge < -0.3 is 14.4 Å². The van der Waals surface area contributed by atoms with Gasteiger partial charge in [0, 0.05) is 31.3 Å². The standard InChI is InChI=1S/C18H21N5O4/c1-2-5-22-11-19-18(21-22)20-17(25)12-8-16(24)23(10-12)13-3-4-14-15(9-13)27-7-6-26-14/h3-4,9,11-12H,2,5-8,10H2,1H3,(H,20,21,25)/t12-/m1/s1. The first-order valence-electron chi connectivity index (χ1n) is 9.04. The highest BCUT2D eigenvalue weighted by Gasteiger charge is 2.36. The summed E-state index contributed by atoms with van der Waals surface area (Å²) in [4.78, 5) is 30.6. The van der Waals surface area contributed by atoms with E-state index in [0.29, 0.717) is 36.9 Å². The lowest BCUT2D eigenvalue weighted by Gasteiger charge is -2.22. The van der Waals surface area contributed by atoms with Crippen LogP contribution in [0.3, 0.4) is 0 Å². The molecule has 9 heteroatoms. The van der Waals surface area contributed by atoms with E-state index in [0.717, 1.165) is 13.0 Å². The first-order chi connectivity index (χ1) is 13.1. The summed E-state index contributed by atoms with van der Waals surface area (Å²) in [6, 6.07) is 5.37. The third-order valence-corrected chi connectivity index (χ3v) is 4.56. The van der Waals surface area contributed by atoms with Crippen LogP contribution >= 0.6 is 0 Å². The number of carbonyl (C=O) groups is 2. The van der Waals surface area contributed by atoms with Crippen molar-refractivity contribution in [2.45, 2.75) is 26.3 Å². The fourth-order valence-corrected chi connectivity index (χ4v) is 3.23. The second kappa shape index (κ2) is 7.26. The second-order valence-corrected chi connectivity index (χ2v) is 6.55. The number of benzene rings is 1. The normalized spacial score (nSPS) is 18.6. The summed E-state index contributed by atoms with van der Waals surface area (Å²) in [7, 11) is 0. The molecule has 27 heavy (non-hydrogen) atoms. The lowest BCUT2D eigenvalue weighted by atomic mass is 10.1. The number of aromatic nitrogens is 3. The highest BCUT2D eigenvalue weighted by atomic mass is 16.6. The summed E-state index contributed by atoms with van der Waals surface area (Å²) >= 11 is 0. The van der Waals surface area contributed by atoms with Crippen LogP contribution in [0.5, 0.6) is 11.5 Å². The Hall–Kier alpha value is -3.10. The monoisotopic (exact) mass is 371 g/mol. The quantitative estimate of drug-likeness (QED) is 0.854. The van der Waals surface area contributed by atoms with Gasteiger partial charge in [0.2, 0.25) is 17.8 Å². The van der Waals surface area contributed by atoms with Gasteiger partial charge in [0.25, 0.3) is 0 Å². The Morgan fingerprint density at radius 1 is 1.30 bits per heavy atom. The predicted molar refractivity (Wildman–Crippen MR) is 96.8 cm³/mol. The molecule has 1 saturated heterocycles. The van der Waals surface area contributed by atoms with Crippen LogP contribution in [0.4, 0.5) is 11.6 Å². The van der Waals surface area contributed by atoms with Gasteiger partial charge in [-0.3, -0.25) is 19.6 Å². The van der Waals surface area contributed by atoms with Crippen LogP contribution in [0.2, 0.25) is 0 Å². The molecule has 2 amide bonds. The molecule has 4 rings (SSSR count). The van der Waals surface area contributed by atoms with Gasteiger partial charge in [0.15, 0.2) is 11.5 Å². The zero-order chi connectivity index (χ0) is 18.8. The van der Waals surface area contributed by atoms with E-state index in [4.69, 9.17) is 9.47 Å². The summed E-state index contributed by atoms with van der Waals surface area (Å²) in [6.07, 6.45) is 2.66. The van der Waals surface area contributed by atoms with Gasteiger partial charge in [0.05, 0.1) is 5.92 Å². The molecule has 1 aromatic heterocycles. The average molecular weight is 371 g/mol. The number of fused-ring (bicyclic) bond motifs is 1. The molecule has 0 saturated carbocycles. The lowest BCUT2D eigenvalue weighted by molar-refractivity contribution is -0.122. The number of nitrogens with one attached hydrogen (secondary N) is 1. The maximum Gasteiger partial charge on any atom is 0.248 e. The molecule has 2 aromatic rings. The number of aryl methyl sites for hydroxylation is 1. The van der Waals surface area contributed by atoms with Gasteiger partial charge in [-0.05, 0) is 18.6 Å². The Bertz CT molecular complexity index is 865. The van der Waals surface area contributed by atoms with Crippen LogP contribution in [0, 0.1) is 5.92 Å². The van der Waals surface area contributed by atoms with Crippen molar-refractivity contribution in [3.63, 3.8) is 0 Å². The van der Waals surface area contributed by atoms with E-state index < -0.39 is 5.92 Å². The van der Waals surface area contributed by atoms with E-state index in [-0.39, 0.29) is 24.2 Å². The van der Waals surface area contributed by atoms with Crippen LogP contribution in [-0.4, -0.2) is 46.3 Å². The van der Waals surface area contributed by atoms with Crippen molar-refractivity contribution in [3.05, 3.63) is 24.5 Å².